The lowest BCUT2D eigenvalue weighted by molar-refractivity contribution is 0.0982. The Balaban J connectivity index is 2.44. The molecule has 4 nitrogen and oxygen atoms in total. The predicted molar refractivity (Wildman–Crippen MR) is 84.7 cm³/mol. The summed E-state index contributed by atoms with van der Waals surface area (Å²) in [7, 11) is -2.99. The van der Waals surface area contributed by atoms with Gasteiger partial charge in [0.05, 0.1) is 12.4 Å². The van der Waals surface area contributed by atoms with Crippen LogP contribution in [0.5, 0.6) is 5.75 Å². The van der Waals surface area contributed by atoms with Gasteiger partial charge in [0.15, 0.2) is 5.78 Å². The van der Waals surface area contributed by atoms with Crippen molar-refractivity contribution in [1.82, 2.24) is 0 Å². The predicted octanol–water partition coefficient (Wildman–Crippen LogP) is 3.26. The third-order valence-electron chi connectivity index (χ3n) is 3.24. The summed E-state index contributed by atoms with van der Waals surface area (Å²) in [6.45, 7) is 4.40. The van der Waals surface area contributed by atoms with Gasteiger partial charge in [0, 0.05) is 17.7 Å². The molecule has 0 aromatic heterocycles. The molecule has 0 atom stereocenters. The van der Waals surface area contributed by atoms with E-state index in [9.17, 15) is 13.2 Å². The van der Waals surface area contributed by atoms with Crippen molar-refractivity contribution in [2.45, 2.75) is 39.5 Å². The third-order valence-corrected chi connectivity index (χ3v) is 5.03. The minimum atomic E-state index is -2.99. The number of Topliss-reactive ketones (excluding diaryl/α,β-unsaturated/α-hetero) is 1. The van der Waals surface area contributed by atoms with Crippen molar-refractivity contribution in [3.05, 3.63) is 29.8 Å². The minimum absolute atomic E-state index is 0.0265. The standard InChI is InChI=1S/C16H24O4S/c1-3-5-12-20-15-10-8-14(9-11-15)16(17)7-6-13-21(18,19)4-2/h8-11H,3-7,12-13H2,1-2H3. The first-order valence-corrected chi connectivity index (χ1v) is 9.27. The first-order chi connectivity index (χ1) is 9.98. The summed E-state index contributed by atoms with van der Waals surface area (Å²) in [4.78, 5) is 12.0. The quantitative estimate of drug-likeness (QED) is 0.491. The number of rotatable bonds is 10. The van der Waals surface area contributed by atoms with Gasteiger partial charge in [-0.1, -0.05) is 20.3 Å². The number of benzene rings is 1. The number of ether oxygens (including phenoxy) is 1. The van der Waals surface area contributed by atoms with Crippen LogP contribution < -0.4 is 4.74 Å². The number of sulfone groups is 1. The van der Waals surface area contributed by atoms with Crippen LogP contribution >= 0.6 is 0 Å². The highest BCUT2D eigenvalue weighted by atomic mass is 32.2. The second-order valence-corrected chi connectivity index (χ2v) is 7.46. The second kappa shape index (κ2) is 8.82. The highest BCUT2D eigenvalue weighted by Gasteiger charge is 2.10. The van der Waals surface area contributed by atoms with Crippen molar-refractivity contribution < 1.29 is 17.9 Å². The first-order valence-electron chi connectivity index (χ1n) is 7.45. The number of unbranched alkanes of at least 4 members (excludes halogenated alkanes) is 1. The van der Waals surface area contributed by atoms with Gasteiger partial charge in [0.2, 0.25) is 0 Å². The summed E-state index contributed by atoms with van der Waals surface area (Å²) in [5, 5.41) is 0. The van der Waals surface area contributed by atoms with Gasteiger partial charge >= 0.3 is 0 Å². The van der Waals surface area contributed by atoms with E-state index in [-0.39, 0.29) is 23.7 Å². The molecule has 0 aliphatic heterocycles. The van der Waals surface area contributed by atoms with Crippen molar-refractivity contribution in [3.63, 3.8) is 0 Å². The molecule has 1 aromatic rings. The maximum Gasteiger partial charge on any atom is 0.162 e. The first kappa shape index (κ1) is 17.7. The number of hydrogen-bond acceptors (Lipinski definition) is 4. The van der Waals surface area contributed by atoms with Crippen LogP contribution in [-0.2, 0) is 9.84 Å². The van der Waals surface area contributed by atoms with E-state index in [4.69, 9.17) is 4.74 Å². The van der Waals surface area contributed by atoms with Crippen molar-refractivity contribution >= 4 is 15.6 Å². The molecule has 1 rings (SSSR count). The average Bonchev–Trinajstić information content (AvgIpc) is 2.48. The fraction of sp³-hybridized carbons (Fsp3) is 0.562. The normalized spacial score (nSPS) is 11.3. The molecule has 0 unspecified atom stereocenters. The second-order valence-electron chi connectivity index (χ2n) is 4.99. The molecule has 0 aliphatic carbocycles. The summed E-state index contributed by atoms with van der Waals surface area (Å²) < 4.78 is 28.2. The monoisotopic (exact) mass is 312 g/mol. The molecule has 0 saturated carbocycles. The molecule has 0 amide bonds. The summed E-state index contributed by atoms with van der Waals surface area (Å²) in [6, 6.07) is 7.03. The summed E-state index contributed by atoms with van der Waals surface area (Å²) in [6.07, 6.45) is 2.73. The van der Waals surface area contributed by atoms with Gasteiger partial charge in [-0.2, -0.15) is 0 Å². The number of ketones is 1. The van der Waals surface area contributed by atoms with Crippen LogP contribution in [0.3, 0.4) is 0 Å². The maximum absolute atomic E-state index is 12.0. The Morgan fingerprint density at radius 3 is 2.33 bits per heavy atom. The molecule has 5 heteroatoms. The summed E-state index contributed by atoms with van der Waals surface area (Å²) in [5.41, 5.74) is 0.603. The summed E-state index contributed by atoms with van der Waals surface area (Å²) >= 11 is 0. The SMILES string of the molecule is CCCCOc1ccc(C(=O)CCCS(=O)(=O)CC)cc1. The van der Waals surface area contributed by atoms with Gasteiger partial charge in [-0.25, -0.2) is 8.42 Å². The Labute approximate surface area is 127 Å². The Bertz CT molecular complexity index is 532. The molecule has 21 heavy (non-hydrogen) atoms. The molecule has 0 spiro atoms. The molecule has 0 bridgehead atoms. The van der Waals surface area contributed by atoms with E-state index in [0.717, 1.165) is 18.6 Å². The molecule has 1 aromatic carbocycles. The average molecular weight is 312 g/mol. The van der Waals surface area contributed by atoms with Crippen LogP contribution in [0.15, 0.2) is 24.3 Å². The lowest BCUT2D eigenvalue weighted by Crippen LogP contribution is -2.10. The number of hydrogen-bond donors (Lipinski definition) is 0. The van der Waals surface area contributed by atoms with E-state index in [2.05, 4.69) is 6.92 Å². The molecule has 0 N–H and O–H groups in total. The molecule has 0 fully saturated rings. The highest BCUT2D eigenvalue weighted by molar-refractivity contribution is 7.91. The molecule has 0 aliphatic rings. The van der Waals surface area contributed by atoms with Crippen LogP contribution in [0.2, 0.25) is 0 Å². The van der Waals surface area contributed by atoms with E-state index in [0.29, 0.717) is 18.6 Å². The number of carbonyl (C=O) groups is 1. The van der Waals surface area contributed by atoms with Crippen LogP contribution in [0.1, 0.15) is 49.9 Å². The van der Waals surface area contributed by atoms with Gasteiger partial charge in [0.1, 0.15) is 15.6 Å². The largest absolute Gasteiger partial charge is 0.494 e. The molecule has 0 saturated heterocycles. The van der Waals surface area contributed by atoms with Crippen LogP contribution in [0, 0.1) is 0 Å². The molecular weight excluding hydrogens is 288 g/mol. The zero-order chi connectivity index (χ0) is 15.7. The van der Waals surface area contributed by atoms with Crippen LogP contribution in [0.25, 0.3) is 0 Å². The van der Waals surface area contributed by atoms with Gasteiger partial charge < -0.3 is 4.74 Å². The molecule has 0 radical (unpaired) electrons. The van der Waals surface area contributed by atoms with Gasteiger partial charge in [-0.15, -0.1) is 0 Å². The van der Waals surface area contributed by atoms with Crippen molar-refractivity contribution in [2.24, 2.45) is 0 Å². The van der Waals surface area contributed by atoms with Gasteiger partial charge in [0.25, 0.3) is 0 Å². The van der Waals surface area contributed by atoms with E-state index in [1.54, 1.807) is 31.2 Å². The van der Waals surface area contributed by atoms with Crippen molar-refractivity contribution in [3.8, 4) is 5.75 Å². The molecule has 118 valence electrons. The Morgan fingerprint density at radius 2 is 1.76 bits per heavy atom. The minimum Gasteiger partial charge on any atom is -0.494 e. The Kier molecular flexibility index (Phi) is 7.43. The zero-order valence-corrected chi connectivity index (χ0v) is 13.6. The number of carbonyl (C=O) groups excluding carboxylic acids is 1. The van der Waals surface area contributed by atoms with Crippen molar-refractivity contribution in [2.75, 3.05) is 18.1 Å². The van der Waals surface area contributed by atoms with E-state index in [1.807, 2.05) is 0 Å². The van der Waals surface area contributed by atoms with Gasteiger partial charge in [-0.3, -0.25) is 4.79 Å². The van der Waals surface area contributed by atoms with Crippen molar-refractivity contribution in [1.29, 1.82) is 0 Å². The highest BCUT2D eigenvalue weighted by Crippen LogP contribution is 2.14. The fourth-order valence-electron chi connectivity index (χ4n) is 1.81. The zero-order valence-electron chi connectivity index (χ0n) is 12.8. The van der Waals surface area contributed by atoms with E-state index in [1.165, 1.54) is 0 Å². The smallest absolute Gasteiger partial charge is 0.162 e. The van der Waals surface area contributed by atoms with E-state index >= 15 is 0 Å². The van der Waals surface area contributed by atoms with E-state index < -0.39 is 9.84 Å². The molecule has 0 heterocycles. The maximum atomic E-state index is 12.0. The Hall–Kier alpha value is -1.36. The summed E-state index contributed by atoms with van der Waals surface area (Å²) in [5.74, 6) is 0.938. The topological polar surface area (TPSA) is 60.4 Å². The Morgan fingerprint density at radius 1 is 1.10 bits per heavy atom. The van der Waals surface area contributed by atoms with Gasteiger partial charge in [-0.05, 0) is 37.1 Å². The van der Waals surface area contributed by atoms with Crippen LogP contribution in [0.4, 0.5) is 0 Å². The molecular formula is C16H24O4S. The van der Waals surface area contributed by atoms with Crippen LogP contribution in [-0.4, -0.2) is 32.3 Å². The lowest BCUT2D eigenvalue weighted by atomic mass is 10.1. The lowest BCUT2D eigenvalue weighted by Gasteiger charge is -2.06. The fourth-order valence-corrected chi connectivity index (χ4v) is 2.69. The third kappa shape index (κ3) is 6.76.